The maximum atomic E-state index is 5.89. The van der Waals surface area contributed by atoms with Crippen LogP contribution in [0.5, 0.6) is 5.75 Å². The molecular formula is C20H28OSi. The minimum atomic E-state index is 0. The lowest BCUT2D eigenvalue weighted by Crippen LogP contribution is -2.14. The first-order chi connectivity index (χ1) is 10.0. The molecule has 2 aromatic carbocycles. The molecule has 0 unspecified atom stereocenters. The van der Waals surface area contributed by atoms with E-state index in [1.54, 1.807) is 6.26 Å². The van der Waals surface area contributed by atoms with Crippen LogP contribution in [0.25, 0.3) is 11.1 Å². The van der Waals surface area contributed by atoms with Gasteiger partial charge in [-0.2, -0.15) is 0 Å². The third-order valence-corrected chi connectivity index (χ3v) is 3.39. The van der Waals surface area contributed by atoms with Gasteiger partial charge in [-0.3, -0.25) is 0 Å². The Kier molecular flexibility index (Phi) is 6.63. The molecule has 0 bridgehead atoms. The molecule has 0 saturated heterocycles. The van der Waals surface area contributed by atoms with Gasteiger partial charge in [0.1, 0.15) is 5.75 Å². The van der Waals surface area contributed by atoms with E-state index >= 15 is 0 Å². The average molecular weight is 313 g/mol. The van der Waals surface area contributed by atoms with Crippen LogP contribution in [0, 0.1) is 0 Å². The second-order valence-corrected chi connectivity index (χ2v) is 6.19. The summed E-state index contributed by atoms with van der Waals surface area (Å²) in [6.07, 6.45) is 4.80. The van der Waals surface area contributed by atoms with E-state index in [1.807, 2.05) is 18.2 Å². The van der Waals surface area contributed by atoms with E-state index < -0.39 is 0 Å². The second kappa shape index (κ2) is 8.00. The van der Waals surface area contributed by atoms with Crippen LogP contribution in [-0.4, -0.2) is 11.0 Å². The maximum Gasteiger partial charge on any atom is 0.130 e. The highest BCUT2D eigenvalue weighted by molar-refractivity contribution is 5.75. The van der Waals surface area contributed by atoms with Gasteiger partial charge in [0.2, 0.25) is 0 Å². The van der Waals surface area contributed by atoms with Crippen molar-refractivity contribution in [2.24, 2.45) is 0 Å². The van der Waals surface area contributed by atoms with Crippen molar-refractivity contribution in [2.45, 2.75) is 39.5 Å². The van der Waals surface area contributed by atoms with E-state index in [4.69, 9.17) is 4.74 Å². The van der Waals surface area contributed by atoms with E-state index in [2.05, 4.69) is 64.1 Å². The van der Waals surface area contributed by atoms with Gasteiger partial charge in [-0.1, -0.05) is 70.2 Å². The highest BCUT2D eigenvalue weighted by Crippen LogP contribution is 2.39. The van der Waals surface area contributed by atoms with Gasteiger partial charge in [0.15, 0.2) is 0 Å². The Hall–Kier alpha value is -1.80. The van der Waals surface area contributed by atoms with Crippen LogP contribution in [0.4, 0.5) is 0 Å². The Morgan fingerprint density at radius 2 is 1.64 bits per heavy atom. The molecule has 0 spiro atoms. The Labute approximate surface area is 139 Å². The number of benzene rings is 2. The van der Waals surface area contributed by atoms with Crippen LogP contribution in [0.15, 0.2) is 60.9 Å². The van der Waals surface area contributed by atoms with E-state index in [1.165, 1.54) is 16.7 Å². The molecule has 0 fully saturated rings. The molecule has 1 nitrogen and oxygen atoms in total. The minimum absolute atomic E-state index is 0. The Morgan fingerprint density at radius 3 is 2.23 bits per heavy atom. The number of hydrogen-bond donors (Lipinski definition) is 0. The largest absolute Gasteiger partial charge is 0.465 e. The van der Waals surface area contributed by atoms with Crippen molar-refractivity contribution in [3.63, 3.8) is 0 Å². The summed E-state index contributed by atoms with van der Waals surface area (Å²) in [7, 11) is 0. The zero-order chi connectivity index (χ0) is 15.3. The molecule has 118 valence electrons. The SMILES string of the molecule is CCC=COc1cccc(-c2ccccc2)c1C(C)(C)C.[SiH4]. The number of ether oxygens (including phenoxy) is 1. The molecule has 0 heterocycles. The fraction of sp³-hybridized carbons (Fsp3) is 0.300. The predicted octanol–water partition coefficient (Wildman–Crippen LogP) is 4.50. The molecule has 2 heteroatoms. The molecule has 0 aromatic heterocycles. The standard InChI is InChI=1S/C20H24O.H4Si/c1-5-6-15-21-18-14-10-13-17(19(18)20(2,3)4)16-11-8-7-9-12-16;/h6-15H,5H2,1-4H3;1H4. The van der Waals surface area contributed by atoms with Gasteiger partial charge in [-0.05, 0) is 46.1 Å². The second-order valence-electron chi connectivity index (χ2n) is 6.19. The summed E-state index contributed by atoms with van der Waals surface area (Å²) in [6.45, 7) is 8.78. The zero-order valence-electron chi connectivity index (χ0n) is 13.4. The van der Waals surface area contributed by atoms with Crippen LogP contribution in [0.2, 0.25) is 0 Å². The normalized spacial score (nSPS) is 11.3. The van der Waals surface area contributed by atoms with Crippen molar-refractivity contribution >= 4 is 11.0 Å². The smallest absolute Gasteiger partial charge is 0.130 e. The molecule has 0 saturated carbocycles. The molecule has 2 rings (SSSR count). The first-order valence-electron chi connectivity index (χ1n) is 7.54. The predicted molar refractivity (Wildman–Crippen MR) is 102 cm³/mol. The monoisotopic (exact) mass is 312 g/mol. The summed E-state index contributed by atoms with van der Waals surface area (Å²) in [5.74, 6) is 0.938. The van der Waals surface area contributed by atoms with E-state index in [9.17, 15) is 0 Å². The fourth-order valence-electron chi connectivity index (χ4n) is 2.48. The Bertz CT molecular complexity index is 609. The van der Waals surface area contributed by atoms with Gasteiger partial charge in [0, 0.05) is 5.56 Å². The number of hydrogen-bond acceptors (Lipinski definition) is 1. The minimum Gasteiger partial charge on any atom is -0.465 e. The van der Waals surface area contributed by atoms with E-state index in [0.717, 1.165) is 12.2 Å². The molecule has 0 atom stereocenters. The molecule has 22 heavy (non-hydrogen) atoms. The third-order valence-electron chi connectivity index (χ3n) is 3.39. The molecule has 0 radical (unpaired) electrons. The number of allylic oxidation sites excluding steroid dienone is 1. The van der Waals surface area contributed by atoms with Gasteiger partial charge in [-0.25, -0.2) is 0 Å². The molecular weight excluding hydrogens is 284 g/mol. The summed E-state index contributed by atoms with van der Waals surface area (Å²) in [6, 6.07) is 16.8. The number of rotatable bonds is 4. The topological polar surface area (TPSA) is 9.23 Å². The van der Waals surface area contributed by atoms with E-state index in [-0.39, 0.29) is 16.4 Å². The van der Waals surface area contributed by atoms with Crippen molar-refractivity contribution < 1.29 is 4.74 Å². The maximum absolute atomic E-state index is 5.89. The molecule has 0 N–H and O–H groups in total. The lowest BCUT2D eigenvalue weighted by atomic mass is 9.81. The quantitative estimate of drug-likeness (QED) is 0.596. The summed E-state index contributed by atoms with van der Waals surface area (Å²) in [4.78, 5) is 0. The lowest BCUT2D eigenvalue weighted by Gasteiger charge is -2.25. The van der Waals surface area contributed by atoms with Crippen LogP contribution in [0.1, 0.15) is 39.7 Å². The Morgan fingerprint density at radius 1 is 0.955 bits per heavy atom. The van der Waals surface area contributed by atoms with Crippen molar-refractivity contribution in [1.29, 1.82) is 0 Å². The van der Waals surface area contributed by atoms with Gasteiger partial charge < -0.3 is 4.74 Å². The summed E-state index contributed by atoms with van der Waals surface area (Å²) in [5.41, 5.74) is 3.73. The average Bonchev–Trinajstić information content (AvgIpc) is 2.47. The zero-order valence-corrected chi connectivity index (χ0v) is 13.4. The first-order valence-corrected chi connectivity index (χ1v) is 7.54. The van der Waals surface area contributed by atoms with Gasteiger partial charge >= 0.3 is 0 Å². The Balaban J connectivity index is 0.00000242. The van der Waals surface area contributed by atoms with Crippen LogP contribution in [0.3, 0.4) is 0 Å². The van der Waals surface area contributed by atoms with Crippen molar-refractivity contribution in [3.05, 3.63) is 66.4 Å². The molecule has 2 aromatic rings. The van der Waals surface area contributed by atoms with Crippen LogP contribution < -0.4 is 4.74 Å². The van der Waals surface area contributed by atoms with Gasteiger partial charge in [-0.15, -0.1) is 0 Å². The first kappa shape index (κ1) is 18.2. The van der Waals surface area contributed by atoms with Gasteiger partial charge in [0.25, 0.3) is 0 Å². The lowest BCUT2D eigenvalue weighted by molar-refractivity contribution is 0.453. The molecule has 0 aliphatic rings. The highest BCUT2D eigenvalue weighted by atomic mass is 28.1. The molecule has 0 aliphatic heterocycles. The van der Waals surface area contributed by atoms with E-state index in [0.29, 0.717) is 0 Å². The fourth-order valence-corrected chi connectivity index (χ4v) is 2.48. The highest BCUT2D eigenvalue weighted by Gasteiger charge is 2.23. The van der Waals surface area contributed by atoms with Gasteiger partial charge in [0.05, 0.1) is 6.26 Å². The molecule has 0 amide bonds. The van der Waals surface area contributed by atoms with Crippen molar-refractivity contribution in [1.82, 2.24) is 0 Å². The van der Waals surface area contributed by atoms with Crippen LogP contribution >= 0.6 is 0 Å². The third kappa shape index (κ3) is 4.34. The molecule has 0 aliphatic carbocycles. The summed E-state index contributed by atoms with van der Waals surface area (Å²) < 4.78 is 5.89. The summed E-state index contributed by atoms with van der Waals surface area (Å²) >= 11 is 0. The van der Waals surface area contributed by atoms with Crippen molar-refractivity contribution in [2.75, 3.05) is 0 Å². The van der Waals surface area contributed by atoms with Crippen molar-refractivity contribution in [3.8, 4) is 16.9 Å². The summed E-state index contributed by atoms with van der Waals surface area (Å²) in [5, 5.41) is 0. The van der Waals surface area contributed by atoms with Crippen LogP contribution in [-0.2, 0) is 5.41 Å².